The summed E-state index contributed by atoms with van der Waals surface area (Å²) < 4.78 is 11.2. The summed E-state index contributed by atoms with van der Waals surface area (Å²) in [5.74, 6) is 2.36. The Bertz CT molecular complexity index is 719. The van der Waals surface area contributed by atoms with Crippen molar-refractivity contribution in [2.24, 2.45) is 0 Å². The van der Waals surface area contributed by atoms with Crippen molar-refractivity contribution in [2.75, 3.05) is 6.54 Å². The maximum atomic E-state index is 12.0. The lowest BCUT2D eigenvalue weighted by molar-refractivity contribution is 0.0937. The second kappa shape index (κ2) is 6.39. The molecular weight excluding hydrogens is 308 g/mol. The first-order valence-electron chi connectivity index (χ1n) is 8.69. The van der Waals surface area contributed by atoms with Gasteiger partial charge in [0.15, 0.2) is 0 Å². The van der Waals surface area contributed by atoms with E-state index in [0.29, 0.717) is 5.89 Å². The number of aromatic nitrogens is 2. The minimum Gasteiger partial charge on any atom is -0.465 e. The molecule has 0 unspecified atom stereocenters. The highest BCUT2D eigenvalue weighted by Gasteiger charge is 2.33. The van der Waals surface area contributed by atoms with Crippen LogP contribution in [0.4, 0.5) is 0 Å². The van der Waals surface area contributed by atoms with Crippen molar-refractivity contribution in [3.8, 4) is 0 Å². The third-order valence-electron chi connectivity index (χ3n) is 4.63. The van der Waals surface area contributed by atoms with Gasteiger partial charge in [-0.1, -0.05) is 12.1 Å². The molecule has 1 N–H and O–H groups in total. The van der Waals surface area contributed by atoms with Gasteiger partial charge in [-0.3, -0.25) is 9.69 Å². The second-order valence-corrected chi connectivity index (χ2v) is 6.55. The van der Waals surface area contributed by atoms with Gasteiger partial charge in [0.1, 0.15) is 11.5 Å². The first kappa shape index (κ1) is 15.4. The number of hydrogen-bond acceptors (Lipinski definition) is 6. The van der Waals surface area contributed by atoms with Crippen LogP contribution in [0, 0.1) is 0 Å². The quantitative estimate of drug-likeness (QED) is 0.876. The molecule has 1 atom stereocenters. The highest BCUT2D eigenvalue weighted by atomic mass is 16.5. The molecule has 24 heavy (non-hydrogen) atoms. The molecule has 1 saturated heterocycles. The Hall–Kier alpha value is -2.15. The molecule has 2 aromatic rings. The molecule has 7 heteroatoms. The van der Waals surface area contributed by atoms with Gasteiger partial charge in [0, 0.05) is 12.5 Å². The molecule has 4 rings (SSSR count). The lowest BCUT2D eigenvalue weighted by Crippen LogP contribution is -2.26. The molecule has 1 saturated carbocycles. The van der Waals surface area contributed by atoms with Crippen LogP contribution in [-0.2, 0) is 13.0 Å². The molecule has 0 radical (unpaired) electrons. The van der Waals surface area contributed by atoms with Gasteiger partial charge in [-0.05, 0) is 44.4 Å². The van der Waals surface area contributed by atoms with Crippen LogP contribution in [0.1, 0.15) is 66.7 Å². The first-order valence-corrected chi connectivity index (χ1v) is 8.69. The summed E-state index contributed by atoms with van der Waals surface area (Å²) in [5.41, 5.74) is 0. The number of carbonyl (C=O) groups excluding carboxylic acids is 1. The number of aryl methyl sites for hydroxylation is 1. The number of hydrogen-bond donors (Lipinski definition) is 1. The van der Waals surface area contributed by atoms with E-state index in [-0.39, 0.29) is 23.8 Å². The number of carbonyl (C=O) groups is 1. The summed E-state index contributed by atoms with van der Waals surface area (Å²) in [6.07, 6.45) is 4.99. The predicted octanol–water partition coefficient (Wildman–Crippen LogP) is 2.45. The zero-order valence-corrected chi connectivity index (χ0v) is 13.8. The third kappa shape index (κ3) is 3.21. The van der Waals surface area contributed by atoms with Crippen LogP contribution in [0.3, 0.4) is 0 Å². The van der Waals surface area contributed by atoms with Crippen molar-refractivity contribution < 1.29 is 13.7 Å². The molecule has 128 valence electrons. The number of nitrogens with one attached hydrogen (secondary N) is 1. The first-order chi connectivity index (χ1) is 11.7. The average Bonchev–Trinajstić information content (AvgIpc) is 3.01. The van der Waals surface area contributed by atoms with Gasteiger partial charge >= 0.3 is 0 Å². The van der Waals surface area contributed by atoms with E-state index in [1.165, 1.54) is 0 Å². The van der Waals surface area contributed by atoms with E-state index in [2.05, 4.69) is 27.3 Å². The van der Waals surface area contributed by atoms with E-state index < -0.39 is 0 Å². The van der Waals surface area contributed by atoms with Crippen LogP contribution in [0.15, 0.2) is 21.1 Å². The van der Waals surface area contributed by atoms with E-state index >= 15 is 0 Å². The molecule has 1 aliphatic heterocycles. The molecule has 2 fully saturated rings. The van der Waals surface area contributed by atoms with Crippen molar-refractivity contribution in [2.45, 2.75) is 57.7 Å². The molecule has 2 aromatic heterocycles. The molecule has 0 spiro atoms. The van der Waals surface area contributed by atoms with E-state index in [1.807, 2.05) is 12.1 Å². The van der Waals surface area contributed by atoms with Crippen molar-refractivity contribution in [3.63, 3.8) is 0 Å². The fraction of sp³-hybridized carbons (Fsp3) is 0.588. The molecular formula is C17H22N4O3. The van der Waals surface area contributed by atoms with Crippen LogP contribution in [0.2, 0.25) is 0 Å². The topological polar surface area (TPSA) is 84.4 Å². The molecule has 0 bridgehead atoms. The highest BCUT2D eigenvalue weighted by Crippen LogP contribution is 2.32. The van der Waals surface area contributed by atoms with Crippen LogP contribution in [0.5, 0.6) is 0 Å². The minimum atomic E-state index is -0.240. The summed E-state index contributed by atoms with van der Waals surface area (Å²) in [4.78, 5) is 18.6. The summed E-state index contributed by atoms with van der Waals surface area (Å²) in [7, 11) is 0. The van der Waals surface area contributed by atoms with E-state index in [0.717, 1.165) is 56.7 Å². The van der Waals surface area contributed by atoms with Crippen LogP contribution in [-0.4, -0.2) is 33.5 Å². The smallest absolute Gasteiger partial charge is 0.292 e. The number of amides is 1. The SMILES string of the molecule is CCc1ccc(CN2CCC[C@@H]2c2nc(C(=O)NC3CC3)no2)o1. The standard InChI is InChI=1S/C17H22N4O3/c1-2-12-7-8-13(23-12)10-21-9-3-4-14(21)17-19-15(20-24-17)16(22)18-11-5-6-11/h7-8,11,14H,2-6,9-10H2,1H3,(H,18,22)/t14-/m1/s1. The van der Waals surface area contributed by atoms with E-state index in [4.69, 9.17) is 8.94 Å². The van der Waals surface area contributed by atoms with Crippen LogP contribution in [0.25, 0.3) is 0 Å². The van der Waals surface area contributed by atoms with Crippen LogP contribution >= 0.6 is 0 Å². The minimum absolute atomic E-state index is 0.0511. The summed E-state index contributed by atoms with van der Waals surface area (Å²) in [6.45, 7) is 3.75. The predicted molar refractivity (Wildman–Crippen MR) is 85.3 cm³/mol. The summed E-state index contributed by atoms with van der Waals surface area (Å²) >= 11 is 0. The number of furan rings is 1. The Labute approximate surface area is 140 Å². The lowest BCUT2D eigenvalue weighted by Gasteiger charge is -2.19. The van der Waals surface area contributed by atoms with E-state index in [1.54, 1.807) is 0 Å². The van der Waals surface area contributed by atoms with Gasteiger partial charge in [0.05, 0.1) is 12.6 Å². The van der Waals surface area contributed by atoms with Gasteiger partial charge in [0.25, 0.3) is 11.7 Å². The lowest BCUT2D eigenvalue weighted by atomic mass is 10.2. The molecule has 3 heterocycles. The van der Waals surface area contributed by atoms with Gasteiger partial charge in [-0.15, -0.1) is 0 Å². The summed E-state index contributed by atoms with van der Waals surface area (Å²) in [5, 5.41) is 6.73. The van der Waals surface area contributed by atoms with Crippen LogP contribution < -0.4 is 5.32 Å². The molecule has 2 aliphatic rings. The van der Waals surface area contributed by atoms with Crippen molar-refractivity contribution in [1.82, 2.24) is 20.4 Å². The Morgan fingerprint density at radius 3 is 2.92 bits per heavy atom. The van der Waals surface area contributed by atoms with Crippen molar-refractivity contribution >= 4 is 5.91 Å². The Kier molecular flexibility index (Phi) is 4.10. The van der Waals surface area contributed by atoms with E-state index in [9.17, 15) is 4.79 Å². The fourth-order valence-electron chi connectivity index (χ4n) is 3.13. The Morgan fingerprint density at radius 2 is 2.17 bits per heavy atom. The average molecular weight is 330 g/mol. The maximum absolute atomic E-state index is 12.0. The molecule has 1 aliphatic carbocycles. The molecule has 0 aromatic carbocycles. The number of rotatable bonds is 6. The zero-order valence-electron chi connectivity index (χ0n) is 13.8. The van der Waals surface area contributed by atoms with Gasteiger partial charge in [-0.25, -0.2) is 0 Å². The molecule has 7 nitrogen and oxygen atoms in total. The van der Waals surface area contributed by atoms with Crippen molar-refractivity contribution in [3.05, 3.63) is 35.4 Å². The second-order valence-electron chi connectivity index (χ2n) is 6.55. The van der Waals surface area contributed by atoms with Gasteiger partial charge < -0.3 is 14.3 Å². The normalized spacial score (nSPS) is 21.3. The Morgan fingerprint density at radius 1 is 1.33 bits per heavy atom. The van der Waals surface area contributed by atoms with Gasteiger partial charge in [0.2, 0.25) is 5.89 Å². The largest absolute Gasteiger partial charge is 0.465 e. The third-order valence-corrected chi connectivity index (χ3v) is 4.63. The Balaban J connectivity index is 1.44. The maximum Gasteiger partial charge on any atom is 0.292 e. The number of likely N-dealkylation sites (tertiary alicyclic amines) is 1. The molecule has 1 amide bonds. The number of nitrogens with zero attached hydrogens (tertiary/aromatic N) is 3. The van der Waals surface area contributed by atoms with Gasteiger partial charge in [-0.2, -0.15) is 4.98 Å². The summed E-state index contributed by atoms with van der Waals surface area (Å²) in [6, 6.07) is 4.38. The zero-order chi connectivity index (χ0) is 16.5. The van der Waals surface area contributed by atoms with Crippen molar-refractivity contribution in [1.29, 1.82) is 0 Å². The fourth-order valence-corrected chi connectivity index (χ4v) is 3.13. The monoisotopic (exact) mass is 330 g/mol. The highest BCUT2D eigenvalue weighted by molar-refractivity contribution is 5.90.